The van der Waals surface area contributed by atoms with Crippen molar-refractivity contribution in [3.63, 3.8) is 0 Å². The lowest BCUT2D eigenvalue weighted by atomic mass is 10.2. The van der Waals surface area contributed by atoms with Crippen LogP contribution in [-0.4, -0.2) is 50.1 Å². The van der Waals surface area contributed by atoms with E-state index in [9.17, 15) is 4.79 Å². The number of nitrogens with zero attached hydrogens (tertiary/aromatic N) is 1. The van der Waals surface area contributed by atoms with E-state index in [1.165, 1.54) is 12.8 Å². The van der Waals surface area contributed by atoms with E-state index in [0.29, 0.717) is 12.5 Å². The van der Waals surface area contributed by atoms with Gasteiger partial charge in [-0.25, -0.2) is 0 Å². The van der Waals surface area contributed by atoms with Crippen molar-refractivity contribution in [2.75, 3.05) is 33.2 Å². The van der Waals surface area contributed by atoms with Crippen molar-refractivity contribution in [2.45, 2.75) is 46.1 Å². The molecule has 0 aromatic heterocycles. The van der Waals surface area contributed by atoms with E-state index in [-0.39, 0.29) is 5.91 Å². The number of unbranched alkanes of at least 4 members (excludes halogenated alkanes) is 1. The molecule has 0 saturated carbocycles. The summed E-state index contributed by atoms with van der Waals surface area (Å²) in [6, 6.07) is 0.626. The first-order valence-corrected chi connectivity index (χ1v) is 6.75. The first-order chi connectivity index (χ1) is 8.07. The summed E-state index contributed by atoms with van der Waals surface area (Å²) in [5.41, 5.74) is 0. The quantitative estimate of drug-likeness (QED) is 0.567. The highest BCUT2D eigenvalue weighted by Gasteiger charge is 2.02. The van der Waals surface area contributed by atoms with E-state index < -0.39 is 0 Å². The number of carbonyl (C=O) groups is 1. The summed E-state index contributed by atoms with van der Waals surface area (Å²) < 4.78 is 0. The number of nitrogens with one attached hydrogen (secondary N) is 2. The molecular formula is C13H29N3O. The van der Waals surface area contributed by atoms with Crippen molar-refractivity contribution >= 4 is 5.91 Å². The lowest BCUT2D eigenvalue weighted by molar-refractivity contribution is -0.120. The van der Waals surface area contributed by atoms with Crippen LogP contribution in [-0.2, 0) is 4.79 Å². The molecule has 0 spiro atoms. The fraction of sp³-hybridized carbons (Fsp3) is 0.923. The molecule has 0 aliphatic carbocycles. The number of carbonyl (C=O) groups excluding carboxylic acids is 1. The summed E-state index contributed by atoms with van der Waals surface area (Å²) in [5, 5.41) is 6.09. The number of hydrogen-bond donors (Lipinski definition) is 2. The van der Waals surface area contributed by atoms with Gasteiger partial charge in [0.25, 0.3) is 0 Å². The lowest BCUT2D eigenvalue weighted by Gasteiger charge is -2.20. The Labute approximate surface area is 106 Å². The van der Waals surface area contributed by atoms with E-state index in [1.54, 1.807) is 0 Å². The molecule has 1 amide bonds. The molecule has 0 bridgehead atoms. The van der Waals surface area contributed by atoms with Crippen LogP contribution in [0, 0.1) is 0 Å². The minimum absolute atomic E-state index is 0.138. The smallest absolute Gasteiger partial charge is 0.221 e. The van der Waals surface area contributed by atoms with E-state index in [2.05, 4.69) is 36.4 Å². The third-order valence-corrected chi connectivity index (χ3v) is 2.90. The molecule has 0 rings (SSSR count). The van der Waals surface area contributed by atoms with Crippen LogP contribution in [0.3, 0.4) is 0 Å². The molecule has 102 valence electrons. The zero-order valence-electron chi connectivity index (χ0n) is 11.9. The van der Waals surface area contributed by atoms with Gasteiger partial charge in [-0.2, -0.15) is 0 Å². The Hall–Kier alpha value is -0.610. The first-order valence-electron chi connectivity index (χ1n) is 6.75. The largest absolute Gasteiger partial charge is 0.356 e. The van der Waals surface area contributed by atoms with Gasteiger partial charge >= 0.3 is 0 Å². The summed E-state index contributed by atoms with van der Waals surface area (Å²) in [6.45, 7) is 10.0. The van der Waals surface area contributed by atoms with Gasteiger partial charge in [0.05, 0.1) is 0 Å². The van der Waals surface area contributed by atoms with Gasteiger partial charge in [-0.3, -0.25) is 4.79 Å². The summed E-state index contributed by atoms with van der Waals surface area (Å²) >= 11 is 0. The van der Waals surface area contributed by atoms with E-state index in [1.807, 2.05) is 6.92 Å². The Morgan fingerprint density at radius 2 is 1.94 bits per heavy atom. The molecule has 0 heterocycles. The molecule has 4 nitrogen and oxygen atoms in total. The second-order valence-corrected chi connectivity index (χ2v) is 4.73. The monoisotopic (exact) mass is 243 g/mol. The zero-order valence-corrected chi connectivity index (χ0v) is 11.9. The number of rotatable bonds is 10. The SMILES string of the molecule is CCNC(=O)CCNCCCCN(C)C(C)C. The van der Waals surface area contributed by atoms with Crippen LogP contribution in [0.15, 0.2) is 0 Å². The molecule has 17 heavy (non-hydrogen) atoms. The highest BCUT2D eigenvalue weighted by molar-refractivity contribution is 5.75. The minimum atomic E-state index is 0.138. The maximum atomic E-state index is 11.1. The third kappa shape index (κ3) is 10.3. The maximum Gasteiger partial charge on any atom is 0.221 e. The van der Waals surface area contributed by atoms with E-state index in [0.717, 1.165) is 26.2 Å². The Kier molecular flexibility index (Phi) is 10.2. The molecule has 0 fully saturated rings. The average molecular weight is 243 g/mol. The van der Waals surface area contributed by atoms with Crippen LogP contribution >= 0.6 is 0 Å². The molecular weight excluding hydrogens is 214 g/mol. The van der Waals surface area contributed by atoms with Crippen molar-refractivity contribution in [3.8, 4) is 0 Å². The maximum absolute atomic E-state index is 11.1. The number of amides is 1. The summed E-state index contributed by atoms with van der Waals surface area (Å²) in [4.78, 5) is 13.5. The second kappa shape index (κ2) is 10.5. The van der Waals surface area contributed by atoms with Gasteiger partial charge in [-0.15, -0.1) is 0 Å². The van der Waals surface area contributed by atoms with Crippen molar-refractivity contribution in [1.29, 1.82) is 0 Å². The van der Waals surface area contributed by atoms with Crippen LogP contribution in [0.2, 0.25) is 0 Å². The van der Waals surface area contributed by atoms with Crippen molar-refractivity contribution in [2.24, 2.45) is 0 Å². The van der Waals surface area contributed by atoms with Crippen LogP contribution in [0.5, 0.6) is 0 Å². The van der Waals surface area contributed by atoms with Gasteiger partial charge in [-0.05, 0) is 53.8 Å². The van der Waals surface area contributed by atoms with E-state index in [4.69, 9.17) is 0 Å². The van der Waals surface area contributed by atoms with Crippen LogP contribution in [0.25, 0.3) is 0 Å². The van der Waals surface area contributed by atoms with Gasteiger partial charge in [0, 0.05) is 25.6 Å². The molecule has 0 aromatic rings. The topological polar surface area (TPSA) is 44.4 Å². The third-order valence-electron chi connectivity index (χ3n) is 2.90. The van der Waals surface area contributed by atoms with Crippen LogP contribution in [0.1, 0.15) is 40.0 Å². The van der Waals surface area contributed by atoms with E-state index >= 15 is 0 Å². The van der Waals surface area contributed by atoms with Crippen molar-refractivity contribution < 1.29 is 4.79 Å². The molecule has 0 aliphatic rings. The van der Waals surface area contributed by atoms with Crippen LogP contribution < -0.4 is 10.6 Å². The van der Waals surface area contributed by atoms with Gasteiger partial charge in [-0.1, -0.05) is 0 Å². The summed E-state index contributed by atoms with van der Waals surface area (Å²) in [7, 11) is 2.16. The predicted molar refractivity (Wildman–Crippen MR) is 73.2 cm³/mol. The second-order valence-electron chi connectivity index (χ2n) is 4.73. The lowest BCUT2D eigenvalue weighted by Crippen LogP contribution is -2.29. The van der Waals surface area contributed by atoms with Gasteiger partial charge < -0.3 is 15.5 Å². The molecule has 0 atom stereocenters. The standard InChI is InChI=1S/C13H29N3O/c1-5-15-13(17)8-10-14-9-6-7-11-16(4)12(2)3/h12,14H,5-11H2,1-4H3,(H,15,17). The highest BCUT2D eigenvalue weighted by Crippen LogP contribution is 1.97. The van der Waals surface area contributed by atoms with Gasteiger partial charge in [0.15, 0.2) is 0 Å². The molecule has 4 heteroatoms. The Morgan fingerprint density at radius 3 is 2.53 bits per heavy atom. The Bertz CT molecular complexity index is 195. The predicted octanol–water partition coefficient (Wildman–Crippen LogP) is 1.22. The first kappa shape index (κ1) is 16.4. The number of hydrogen-bond acceptors (Lipinski definition) is 3. The summed E-state index contributed by atoms with van der Waals surface area (Å²) in [5.74, 6) is 0.138. The minimum Gasteiger partial charge on any atom is -0.356 e. The highest BCUT2D eigenvalue weighted by atomic mass is 16.1. The molecule has 0 radical (unpaired) electrons. The van der Waals surface area contributed by atoms with Gasteiger partial charge in [0.2, 0.25) is 5.91 Å². The van der Waals surface area contributed by atoms with Crippen molar-refractivity contribution in [1.82, 2.24) is 15.5 Å². The summed E-state index contributed by atoms with van der Waals surface area (Å²) in [6.07, 6.45) is 2.97. The molecule has 0 saturated heterocycles. The molecule has 0 aromatic carbocycles. The zero-order chi connectivity index (χ0) is 13.1. The average Bonchev–Trinajstić information content (AvgIpc) is 2.27. The van der Waals surface area contributed by atoms with Crippen molar-refractivity contribution in [3.05, 3.63) is 0 Å². The molecule has 2 N–H and O–H groups in total. The Morgan fingerprint density at radius 1 is 1.24 bits per heavy atom. The fourth-order valence-corrected chi connectivity index (χ4v) is 1.48. The Balaban J connectivity index is 3.21. The molecule has 0 aliphatic heterocycles. The van der Waals surface area contributed by atoms with Crippen LogP contribution in [0.4, 0.5) is 0 Å². The van der Waals surface area contributed by atoms with Gasteiger partial charge in [0.1, 0.15) is 0 Å². The fourth-order valence-electron chi connectivity index (χ4n) is 1.48. The molecule has 0 unspecified atom stereocenters. The normalized spacial score (nSPS) is 11.2.